The first-order valence-corrected chi connectivity index (χ1v) is 6.92. The van der Waals surface area contributed by atoms with Crippen LogP contribution in [0.25, 0.3) is 0 Å². The average molecular weight is 264 g/mol. The number of rotatable bonds is 4. The largest absolute Gasteiger partial charge is 0.489 e. The van der Waals surface area contributed by atoms with Gasteiger partial charge in [-0.25, -0.2) is 0 Å². The topological polar surface area (TPSA) is 38.5 Å². The minimum atomic E-state index is 0.128. The number of benzene rings is 1. The molecule has 3 heteroatoms. The minimum Gasteiger partial charge on any atom is -0.489 e. The van der Waals surface area contributed by atoms with Crippen molar-refractivity contribution >= 4 is 11.4 Å². The molecule has 0 radical (unpaired) electrons. The van der Waals surface area contributed by atoms with E-state index in [1.54, 1.807) is 0 Å². The van der Waals surface area contributed by atoms with Gasteiger partial charge in [0.05, 0.1) is 11.8 Å². The molecule has 0 bridgehead atoms. The number of nitrogens with two attached hydrogens (primary N) is 1. The highest BCUT2D eigenvalue weighted by atomic mass is 16.5. The summed E-state index contributed by atoms with van der Waals surface area (Å²) in [7, 11) is 2.11. The molecular weight excluding hydrogens is 236 g/mol. The van der Waals surface area contributed by atoms with E-state index >= 15 is 0 Å². The monoisotopic (exact) mass is 264 g/mol. The van der Waals surface area contributed by atoms with Gasteiger partial charge in [-0.3, -0.25) is 0 Å². The van der Waals surface area contributed by atoms with Gasteiger partial charge in [0, 0.05) is 24.8 Å². The molecule has 108 valence electrons. The molecule has 1 aromatic rings. The molecular formula is C16H28N2O. The fourth-order valence-corrected chi connectivity index (χ4v) is 1.90. The van der Waals surface area contributed by atoms with Gasteiger partial charge in [-0.1, -0.05) is 20.8 Å². The molecule has 19 heavy (non-hydrogen) atoms. The lowest BCUT2D eigenvalue weighted by Gasteiger charge is -2.37. The molecule has 0 amide bonds. The second-order valence-electron chi connectivity index (χ2n) is 6.54. The van der Waals surface area contributed by atoms with Crippen LogP contribution < -0.4 is 15.4 Å². The Kier molecular flexibility index (Phi) is 4.72. The van der Waals surface area contributed by atoms with E-state index in [0.717, 1.165) is 11.4 Å². The quantitative estimate of drug-likeness (QED) is 0.837. The van der Waals surface area contributed by atoms with E-state index in [9.17, 15) is 0 Å². The molecule has 1 atom stereocenters. The Bertz CT molecular complexity index is 421. The van der Waals surface area contributed by atoms with Gasteiger partial charge >= 0.3 is 0 Å². The van der Waals surface area contributed by atoms with Crippen molar-refractivity contribution in [3.8, 4) is 5.75 Å². The molecule has 0 heterocycles. The van der Waals surface area contributed by atoms with Crippen molar-refractivity contribution in [1.29, 1.82) is 0 Å². The van der Waals surface area contributed by atoms with Gasteiger partial charge in [0.2, 0.25) is 0 Å². The van der Waals surface area contributed by atoms with E-state index in [1.165, 1.54) is 0 Å². The molecule has 3 nitrogen and oxygen atoms in total. The molecule has 0 aliphatic rings. The van der Waals surface area contributed by atoms with Crippen LogP contribution in [0, 0.1) is 5.41 Å². The van der Waals surface area contributed by atoms with Crippen molar-refractivity contribution in [3.63, 3.8) is 0 Å². The van der Waals surface area contributed by atoms with Crippen LogP contribution in [0.3, 0.4) is 0 Å². The maximum atomic E-state index is 5.96. The second-order valence-corrected chi connectivity index (χ2v) is 6.54. The van der Waals surface area contributed by atoms with Gasteiger partial charge in [0.1, 0.15) is 5.75 Å². The predicted octanol–water partition coefficient (Wildman–Crippen LogP) is 3.93. The predicted molar refractivity (Wildman–Crippen MR) is 83.9 cm³/mol. The van der Waals surface area contributed by atoms with Crippen LogP contribution in [0.2, 0.25) is 0 Å². The number of anilines is 2. The normalized spacial score (nSPS) is 13.5. The molecule has 0 saturated carbocycles. The minimum absolute atomic E-state index is 0.128. The Morgan fingerprint density at radius 2 is 1.74 bits per heavy atom. The fourth-order valence-electron chi connectivity index (χ4n) is 1.90. The van der Waals surface area contributed by atoms with Crippen molar-refractivity contribution in [1.82, 2.24) is 0 Å². The van der Waals surface area contributed by atoms with E-state index in [2.05, 4.69) is 39.6 Å². The van der Waals surface area contributed by atoms with Crippen molar-refractivity contribution in [3.05, 3.63) is 18.2 Å². The van der Waals surface area contributed by atoms with Crippen LogP contribution in [-0.2, 0) is 0 Å². The van der Waals surface area contributed by atoms with E-state index in [4.69, 9.17) is 10.5 Å². The third-order valence-electron chi connectivity index (χ3n) is 3.60. The summed E-state index contributed by atoms with van der Waals surface area (Å²) in [5, 5.41) is 0. The SMILES string of the molecule is CC(C)Oc1cc(N(C)C(C)C(C)(C)C)ccc1N. The molecule has 0 spiro atoms. The Morgan fingerprint density at radius 1 is 1.16 bits per heavy atom. The number of nitrogen functional groups attached to an aromatic ring is 1. The Balaban J connectivity index is 3.01. The second kappa shape index (κ2) is 5.72. The van der Waals surface area contributed by atoms with Crippen molar-refractivity contribution in [2.24, 2.45) is 5.41 Å². The molecule has 0 aliphatic carbocycles. The summed E-state index contributed by atoms with van der Waals surface area (Å²) < 4.78 is 5.75. The first kappa shape index (κ1) is 15.7. The first-order valence-electron chi connectivity index (χ1n) is 6.92. The fraction of sp³-hybridized carbons (Fsp3) is 0.625. The van der Waals surface area contributed by atoms with Gasteiger partial charge < -0.3 is 15.4 Å². The van der Waals surface area contributed by atoms with Crippen molar-refractivity contribution in [2.45, 2.75) is 53.7 Å². The van der Waals surface area contributed by atoms with E-state index in [1.807, 2.05) is 32.0 Å². The number of hydrogen-bond donors (Lipinski definition) is 1. The van der Waals surface area contributed by atoms with Gasteiger partial charge in [-0.2, -0.15) is 0 Å². The Labute approximate surface area is 117 Å². The summed E-state index contributed by atoms with van der Waals surface area (Å²) in [6.45, 7) is 13.0. The molecule has 0 aliphatic heterocycles. The molecule has 0 saturated heterocycles. The summed E-state index contributed by atoms with van der Waals surface area (Å²) in [6.07, 6.45) is 0.128. The maximum absolute atomic E-state index is 5.96. The summed E-state index contributed by atoms with van der Waals surface area (Å²) >= 11 is 0. The van der Waals surface area contributed by atoms with E-state index < -0.39 is 0 Å². The zero-order chi connectivity index (χ0) is 14.8. The van der Waals surface area contributed by atoms with Crippen LogP contribution >= 0.6 is 0 Å². The number of hydrogen-bond acceptors (Lipinski definition) is 3. The van der Waals surface area contributed by atoms with E-state index in [-0.39, 0.29) is 11.5 Å². The smallest absolute Gasteiger partial charge is 0.144 e. The molecule has 1 rings (SSSR count). The average Bonchev–Trinajstić information content (AvgIpc) is 2.28. The zero-order valence-corrected chi connectivity index (χ0v) is 13.3. The van der Waals surface area contributed by atoms with Crippen LogP contribution in [0.1, 0.15) is 41.5 Å². The number of nitrogens with zero attached hydrogens (tertiary/aromatic N) is 1. The third-order valence-corrected chi connectivity index (χ3v) is 3.60. The van der Waals surface area contributed by atoms with Crippen molar-refractivity contribution in [2.75, 3.05) is 17.7 Å². The van der Waals surface area contributed by atoms with E-state index in [0.29, 0.717) is 11.7 Å². The third kappa shape index (κ3) is 4.05. The Morgan fingerprint density at radius 3 is 2.21 bits per heavy atom. The van der Waals surface area contributed by atoms with Gasteiger partial charge in [-0.05, 0) is 38.3 Å². The highest BCUT2D eigenvalue weighted by molar-refractivity contribution is 5.62. The van der Waals surface area contributed by atoms with Crippen LogP contribution in [0.5, 0.6) is 5.75 Å². The summed E-state index contributed by atoms with van der Waals surface area (Å²) in [4.78, 5) is 2.27. The van der Waals surface area contributed by atoms with Gasteiger partial charge in [-0.15, -0.1) is 0 Å². The standard InChI is InChI=1S/C16H28N2O/c1-11(2)19-15-10-13(8-9-14(15)17)18(7)12(3)16(4,5)6/h8-12H,17H2,1-7H3. The van der Waals surface area contributed by atoms with Crippen LogP contribution in [-0.4, -0.2) is 19.2 Å². The highest BCUT2D eigenvalue weighted by Gasteiger charge is 2.24. The Hall–Kier alpha value is -1.38. The molecule has 0 fully saturated rings. The molecule has 2 N–H and O–H groups in total. The van der Waals surface area contributed by atoms with Crippen molar-refractivity contribution < 1.29 is 4.74 Å². The summed E-state index contributed by atoms with van der Waals surface area (Å²) in [6, 6.07) is 6.41. The molecule has 1 unspecified atom stereocenters. The molecule has 1 aromatic carbocycles. The maximum Gasteiger partial charge on any atom is 0.144 e. The lowest BCUT2D eigenvalue weighted by Crippen LogP contribution is -2.39. The van der Waals surface area contributed by atoms with Gasteiger partial charge in [0.15, 0.2) is 0 Å². The lowest BCUT2D eigenvalue weighted by molar-refractivity contribution is 0.243. The first-order chi connectivity index (χ1) is 8.62. The summed E-state index contributed by atoms with van der Waals surface area (Å²) in [5.41, 5.74) is 7.99. The molecule has 0 aromatic heterocycles. The highest BCUT2D eigenvalue weighted by Crippen LogP contribution is 2.32. The number of ether oxygens (including phenoxy) is 1. The van der Waals surface area contributed by atoms with Crippen LogP contribution in [0.4, 0.5) is 11.4 Å². The lowest BCUT2D eigenvalue weighted by atomic mass is 9.87. The van der Waals surface area contributed by atoms with Gasteiger partial charge in [0.25, 0.3) is 0 Å². The summed E-state index contributed by atoms with van der Waals surface area (Å²) in [5.74, 6) is 0.764. The van der Waals surface area contributed by atoms with Crippen LogP contribution in [0.15, 0.2) is 18.2 Å². The zero-order valence-electron chi connectivity index (χ0n) is 13.3.